The molecule has 6 nitrogen and oxygen atoms in total. The second kappa shape index (κ2) is 6.98. The second-order valence-corrected chi connectivity index (χ2v) is 6.22. The van der Waals surface area contributed by atoms with E-state index in [1.54, 1.807) is 14.0 Å². The average molecular weight is 330 g/mol. The minimum Gasteiger partial charge on any atom is -0.438 e. The average Bonchev–Trinajstić information content (AvgIpc) is 3.05. The quantitative estimate of drug-likeness (QED) is 0.910. The third-order valence-electron chi connectivity index (χ3n) is 5.01. The maximum absolute atomic E-state index is 12.6. The maximum atomic E-state index is 12.6. The van der Waals surface area contributed by atoms with E-state index >= 15 is 0 Å². The Morgan fingerprint density at radius 2 is 2.27 bits per heavy atom. The fraction of sp³-hybridized carbons (Fsp3) is 0.733. The molecule has 1 unspecified atom stereocenters. The first-order chi connectivity index (χ1) is 10.2. The number of oxazole rings is 1. The number of halogens is 1. The molecular weight excluding hydrogens is 306 g/mol. The summed E-state index contributed by atoms with van der Waals surface area (Å²) in [5.41, 5.74) is 0.847. The Morgan fingerprint density at radius 1 is 1.55 bits per heavy atom. The van der Waals surface area contributed by atoms with Gasteiger partial charge in [0, 0.05) is 26.1 Å². The van der Waals surface area contributed by atoms with Gasteiger partial charge in [0.05, 0.1) is 12.3 Å². The third kappa shape index (κ3) is 3.00. The summed E-state index contributed by atoms with van der Waals surface area (Å²) in [4.78, 5) is 18.6. The summed E-state index contributed by atoms with van der Waals surface area (Å²) in [6.45, 7) is 6.08. The lowest BCUT2D eigenvalue weighted by atomic mass is 9.71. The number of aryl methyl sites for hydroxylation is 1. The van der Waals surface area contributed by atoms with Crippen molar-refractivity contribution in [3.63, 3.8) is 0 Å². The SMILES string of the molecule is COCC1CN(C(=O)c2ocnc2C)CC12CCNCC2.Cl. The van der Waals surface area contributed by atoms with Crippen molar-refractivity contribution in [2.24, 2.45) is 11.3 Å². The van der Waals surface area contributed by atoms with Gasteiger partial charge in [0.15, 0.2) is 6.39 Å². The summed E-state index contributed by atoms with van der Waals surface area (Å²) < 4.78 is 10.7. The van der Waals surface area contributed by atoms with Crippen molar-refractivity contribution in [2.45, 2.75) is 19.8 Å². The van der Waals surface area contributed by atoms with Gasteiger partial charge in [-0.1, -0.05) is 0 Å². The summed E-state index contributed by atoms with van der Waals surface area (Å²) in [5, 5.41) is 3.41. The van der Waals surface area contributed by atoms with Crippen molar-refractivity contribution in [2.75, 3.05) is 39.9 Å². The lowest BCUT2D eigenvalue weighted by Gasteiger charge is -2.38. The molecule has 3 heterocycles. The Bertz CT molecular complexity index is 514. The van der Waals surface area contributed by atoms with E-state index < -0.39 is 0 Å². The van der Waals surface area contributed by atoms with E-state index in [1.807, 2.05) is 4.90 Å². The van der Waals surface area contributed by atoms with Crippen molar-refractivity contribution >= 4 is 18.3 Å². The zero-order chi connectivity index (χ0) is 14.9. The molecule has 2 fully saturated rings. The fourth-order valence-corrected chi connectivity index (χ4v) is 3.76. The monoisotopic (exact) mass is 329 g/mol. The summed E-state index contributed by atoms with van der Waals surface area (Å²) >= 11 is 0. The molecule has 0 saturated carbocycles. The van der Waals surface area contributed by atoms with Gasteiger partial charge < -0.3 is 19.4 Å². The van der Waals surface area contributed by atoms with Crippen LogP contribution in [0.3, 0.4) is 0 Å². The van der Waals surface area contributed by atoms with Crippen LogP contribution in [0.25, 0.3) is 0 Å². The Labute approximate surface area is 137 Å². The number of nitrogens with one attached hydrogen (secondary N) is 1. The molecule has 2 aliphatic rings. The van der Waals surface area contributed by atoms with Crippen LogP contribution < -0.4 is 5.32 Å². The Hall–Kier alpha value is -1.11. The van der Waals surface area contributed by atoms with Crippen LogP contribution >= 0.6 is 12.4 Å². The van der Waals surface area contributed by atoms with Gasteiger partial charge in [0.2, 0.25) is 5.76 Å². The minimum atomic E-state index is -0.0403. The molecule has 0 radical (unpaired) electrons. The molecule has 22 heavy (non-hydrogen) atoms. The number of carbonyl (C=O) groups is 1. The number of amides is 1. The molecule has 7 heteroatoms. The number of rotatable bonds is 3. The highest BCUT2D eigenvalue weighted by Gasteiger charge is 2.48. The molecule has 1 spiro atoms. The third-order valence-corrected chi connectivity index (χ3v) is 5.01. The van der Waals surface area contributed by atoms with Gasteiger partial charge >= 0.3 is 0 Å². The number of nitrogens with zero attached hydrogens (tertiary/aromatic N) is 2. The number of aromatic nitrogens is 1. The van der Waals surface area contributed by atoms with E-state index in [1.165, 1.54) is 6.39 Å². The molecule has 1 N–H and O–H groups in total. The zero-order valence-corrected chi connectivity index (χ0v) is 13.9. The predicted octanol–water partition coefficient (Wildman–Crippen LogP) is 1.49. The van der Waals surface area contributed by atoms with Crippen LogP contribution in [0.2, 0.25) is 0 Å². The summed E-state index contributed by atoms with van der Waals surface area (Å²) in [7, 11) is 1.74. The minimum absolute atomic E-state index is 0. The number of piperidine rings is 1. The van der Waals surface area contributed by atoms with Gasteiger partial charge in [0.25, 0.3) is 5.91 Å². The smallest absolute Gasteiger partial charge is 0.291 e. The number of ether oxygens (including phenoxy) is 1. The highest BCUT2D eigenvalue weighted by Crippen LogP contribution is 2.43. The highest BCUT2D eigenvalue weighted by atomic mass is 35.5. The van der Waals surface area contributed by atoms with Crippen molar-refractivity contribution < 1.29 is 13.9 Å². The number of carbonyl (C=O) groups excluding carboxylic acids is 1. The number of hydrogen-bond donors (Lipinski definition) is 1. The molecule has 1 amide bonds. The van der Waals surface area contributed by atoms with Crippen LogP contribution in [-0.4, -0.2) is 55.7 Å². The summed E-state index contributed by atoms with van der Waals surface area (Å²) in [6.07, 6.45) is 3.53. The van der Waals surface area contributed by atoms with Crippen LogP contribution in [-0.2, 0) is 4.74 Å². The molecular formula is C15H24ClN3O3. The largest absolute Gasteiger partial charge is 0.438 e. The highest BCUT2D eigenvalue weighted by molar-refractivity contribution is 5.92. The normalized spacial score (nSPS) is 23.5. The van der Waals surface area contributed by atoms with E-state index in [4.69, 9.17) is 9.15 Å². The number of likely N-dealkylation sites (tertiary alicyclic amines) is 1. The maximum Gasteiger partial charge on any atom is 0.291 e. The Balaban J connectivity index is 0.00000176. The van der Waals surface area contributed by atoms with E-state index in [0.717, 1.165) is 39.0 Å². The molecule has 3 rings (SSSR count). The summed E-state index contributed by atoms with van der Waals surface area (Å²) in [6, 6.07) is 0. The fourth-order valence-electron chi connectivity index (χ4n) is 3.76. The van der Waals surface area contributed by atoms with Crippen molar-refractivity contribution in [3.8, 4) is 0 Å². The van der Waals surface area contributed by atoms with Crippen LogP contribution in [0.1, 0.15) is 29.1 Å². The van der Waals surface area contributed by atoms with Crippen LogP contribution in [0.4, 0.5) is 0 Å². The lowest BCUT2D eigenvalue weighted by molar-refractivity contribution is 0.0692. The molecule has 124 valence electrons. The number of methoxy groups -OCH3 is 1. The molecule has 2 saturated heterocycles. The first-order valence-corrected chi connectivity index (χ1v) is 7.55. The van der Waals surface area contributed by atoms with E-state index in [9.17, 15) is 4.79 Å². The van der Waals surface area contributed by atoms with E-state index in [2.05, 4.69) is 10.3 Å². The molecule has 1 atom stereocenters. The van der Waals surface area contributed by atoms with Gasteiger partial charge in [-0.2, -0.15) is 0 Å². The van der Waals surface area contributed by atoms with Gasteiger partial charge in [-0.3, -0.25) is 4.79 Å². The van der Waals surface area contributed by atoms with Gasteiger partial charge in [-0.15, -0.1) is 12.4 Å². The Morgan fingerprint density at radius 3 is 2.86 bits per heavy atom. The molecule has 0 bridgehead atoms. The van der Waals surface area contributed by atoms with Gasteiger partial charge in [-0.25, -0.2) is 4.98 Å². The second-order valence-electron chi connectivity index (χ2n) is 6.22. The molecule has 1 aromatic rings. The van der Waals surface area contributed by atoms with E-state index in [-0.39, 0.29) is 23.7 Å². The molecule has 0 aromatic carbocycles. The number of hydrogen-bond acceptors (Lipinski definition) is 5. The first-order valence-electron chi connectivity index (χ1n) is 7.55. The summed E-state index contributed by atoms with van der Waals surface area (Å²) in [5.74, 6) is 0.732. The molecule has 2 aliphatic heterocycles. The van der Waals surface area contributed by atoms with Crippen LogP contribution in [0.15, 0.2) is 10.8 Å². The molecule has 1 aromatic heterocycles. The van der Waals surface area contributed by atoms with Crippen LogP contribution in [0.5, 0.6) is 0 Å². The van der Waals surface area contributed by atoms with Crippen LogP contribution in [0, 0.1) is 18.3 Å². The lowest BCUT2D eigenvalue weighted by Crippen LogP contribution is -2.43. The topological polar surface area (TPSA) is 67.6 Å². The zero-order valence-electron chi connectivity index (χ0n) is 13.1. The van der Waals surface area contributed by atoms with Crippen molar-refractivity contribution in [3.05, 3.63) is 17.8 Å². The van der Waals surface area contributed by atoms with Gasteiger partial charge in [0.1, 0.15) is 0 Å². The standard InChI is InChI=1S/C15H23N3O3.ClH/c1-11-13(21-10-17-11)14(19)18-7-12(8-20-2)15(9-18)3-5-16-6-4-15;/h10,12,16H,3-9H2,1-2H3;1H. The van der Waals surface area contributed by atoms with E-state index in [0.29, 0.717) is 24.0 Å². The van der Waals surface area contributed by atoms with Crippen molar-refractivity contribution in [1.82, 2.24) is 15.2 Å². The Kier molecular flexibility index (Phi) is 5.47. The van der Waals surface area contributed by atoms with Crippen molar-refractivity contribution in [1.29, 1.82) is 0 Å². The predicted molar refractivity (Wildman–Crippen MR) is 84.3 cm³/mol. The van der Waals surface area contributed by atoms with Gasteiger partial charge in [-0.05, 0) is 38.3 Å². The first kappa shape index (κ1) is 17.2. The molecule has 0 aliphatic carbocycles.